The van der Waals surface area contributed by atoms with Crippen LogP contribution in [-0.2, 0) is 14.0 Å². The van der Waals surface area contributed by atoms with Gasteiger partial charge < -0.3 is 9.16 Å². The molecule has 4 heteroatoms. The molecule has 0 amide bonds. The number of carbonyl (C=O) groups excluding carboxylic acids is 1. The molecule has 0 bridgehead atoms. The predicted octanol–water partition coefficient (Wildman–Crippen LogP) is 6.58. The van der Waals surface area contributed by atoms with Crippen LogP contribution in [0.5, 0.6) is 0 Å². The smallest absolute Gasteiger partial charge is 0.306 e. The minimum atomic E-state index is -1.66. The summed E-state index contributed by atoms with van der Waals surface area (Å²) in [6.45, 7) is 20.2. The van der Waals surface area contributed by atoms with Gasteiger partial charge in [0.2, 0.25) is 0 Å². The van der Waals surface area contributed by atoms with Crippen molar-refractivity contribution < 1.29 is 14.0 Å². The van der Waals surface area contributed by atoms with Crippen LogP contribution < -0.4 is 0 Å². The monoisotopic (exact) mass is 392 g/mol. The van der Waals surface area contributed by atoms with Gasteiger partial charge in [0.05, 0.1) is 6.42 Å². The Bertz CT molecular complexity index is 567. The first kappa shape index (κ1) is 23.9. The van der Waals surface area contributed by atoms with E-state index in [9.17, 15) is 4.79 Å². The zero-order valence-corrected chi connectivity index (χ0v) is 19.6. The van der Waals surface area contributed by atoms with Crippen molar-refractivity contribution in [2.75, 3.05) is 6.61 Å². The molecule has 0 aromatic rings. The van der Waals surface area contributed by atoms with Crippen molar-refractivity contribution in [1.29, 1.82) is 0 Å². The molecule has 1 aliphatic heterocycles. The van der Waals surface area contributed by atoms with Crippen LogP contribution in [0.25, 0.3) is 0 Å². The topological polar surface area (TPSA) is 35.5 Å². The second-order valence-electron chi connectivity index (χ2n) is 9.43. The molecule has 1 fully saturated rings. The van der Waals surface area contributed by atoms with E-state index in [1.807, 2.05) is 12.2 Å². The summed E-state index contributed by atoms with van der Waals surface area (Å²) in [6, 6.07) is 0. The summed E-state index contributed by atoms with van der Waals surface area (Å²) in [5.74, 6) is 0.213. The molecule has 0 N–H and O–H groups in total. The van der Waals surface area contributed by atoms with Gasteiger partial charge in [-0.2, -0.15) is 0 Å². The summed E-state index contributed by atoms with van der Waals surface area (Å²) < 4.78 is 11.8. The molecule has 0 aliphatic carbocycles. The highest BCUT2D eigenvalue weighted by atomic mass is 28.4. The van der Waals surface area contributed by atoms with E-state index in [4.69, 9.17) is 9.16 Å². The van der Waals surface area contributed by atoms with Crippen LogP contribution in [0.3, 0.4) is 0 Å². The largest absolute Gasteiger partial charge is 0.458 e. The third kappa shape index (κ3) is 8.18. The standard InChI is InChI=1S/C23H40O3Si/c1-9-11-18(2)13-14-20-17-22(24)26-21(20)16-19(3)12-10-15-25-27(7,8)23(4,5)6/h9,11,16,20-21H,1,10,12-15,17H2,2-8H3/b18-11+,19-16+/t20-,21?/m0/s1. The number of hydrogen-bond acceptors (Lipinski definition) is 3. The van der Waals surface area contributed by atoms with Crippen LogP contribution in [0.1, 0.15) is 66.7 Å². The number of hydrogen-bond donors (Lipinski definition) is 0. The van der Waals surface area contributed by atoms with E-state index in [0.29, 0.717) is 6.42 Å². The average Bonchev–Trinajstić information content (AvgIpc) is 2.88. The van der Waals surface area contributed by atoms with Gasteiger partial charge in [-0.05, 0) is 63.7 Å². The van der Waals surface area contributed by atoms with E-state index in [0.717, 1.165) is 32.3 Å². The van der Waals surface area contributed by atoms with Crippen molar-refractivity contribution in [2.24, 2.45) is 5.92 Å². The summed E-state index contributed by atoms with van der Waals surface area (Å²) >= 11 is 0. The zero-order chi connectivity index (χ0) is 20.7. The quantitative estimate of drug-likeness (QED) is 0.138. The van der Waals surface area contributed by atoms with E-state index < -0.39 is 8.32 Å². The number of ether oxygens (including phenoxy) is 1. The molecule has 0 aromatic carbocycles. The summed E-state index contributed by atoms with van der Waals surface area (Å²) in [4.78, 5) is 11.8. The lowest BCUT2D eigenvalue weighted by Crippen LogP contribution is -2.40. The molecule has 0 aromatic heterocycles. The number of allylic oxidation sites excluding steroid dienone is 4. The van der Waals surface area contributed by atoms with Crippen molar-refractivity contribution in [2.45, 2.75) is 91.0 Å². The van der Waals surface area contributed by atoms with Gasteiger partial charge in [0.1, 0.15) is 6.10 Å². The highest BCUT2D eigenvalue weighted by molar-refractivity contribution is 6.74. The minimum Gasteiger partial charge on any atom is -0.458 e. The van der Waals surface area contributed by atoms with Crippen LogP contribution in [-0.4, -0.2) is 27.0 Å². The van der Waals surface area contributed by atoms with Gasteiger partial charge in [-0.1, -0.05) is 50.6 Å². The fraction of sp³-hybridized carbons (Fsp3) is 0.696. The molecule has 154 valence electrons. The third-order valence-electron chi connectivity index (χ3n) is 5.91. The highest BCUT2D eigenvalue weighted by Crippen LogP contribution is 2.36. The van der Waals surface area contributed by atoms with Crippen LogP contribution in [0.15, 0.2) is 36.0 Å². The molecular weight excluding hydrogens is 352 g/mol. The Labute approximate surface area is 168 Å². The first-order valence-electron chi connectivity index (χ1n) is 10.2. The van der Waals surface area contributed by atoms with Gasteiger partial charge >= 0.3 is 5.97 Å². The number of esters is 1. The van der Waals surface area contributed by atoms with Crippen molar-refractivity contribution in [3.63, 3.8) is 0 Å². The second kappa shape index (κ2) is 10.4. The lowest BCUT2D eigenvalue weighted by Gasteiger charge is -2.36. The van der Waals surface area contributed by atoms with Gasteiger partial charge in [-0.3, -0.25) is 4.79 Å². The molecule has 3 nitrogen and oxygen atoms in total. The van der Waals surface area contributed by atoms with Gasteiger partial charge in [-0.25, -0.2) is 0 Å². The van der Waals surface area contributed by atoms with Crippen molar-refractivity contribution in [3.05, 3.63) is 36.0 Å². The van der Waals surface area contributed by atoms with Crippen LogP contribution in [0, 0.1) is 5.92 Å². The van der Waals surface area contributed by atoms with Gasteiger partial charge in [-0.15, -0.1) is 0 Å². The van der Waals surface area contributed by atoms with E-state index in [1.54, 1.807) is 0 Å². The molecule has 0 spiro atoms. The Morgan fingerprint density at radius 2 is 1.93 bits per heavy atom. The lowest BCUT2D eigenvalue weighted by atomic mass is 9.92. The second-order valence-corrected chi connectivity index (χ2v) is 14.2. The third-order valence-corrected chi connectivity index (χ3v) is 10.4. The molecule has 27 heavy (non-hydrogen) atoms. The first-order chi connectivity index (χ1) is 12.5. The van der Waals surface area contributed by atoms with Gasteiger partial charge in [0.25, 0.3) is 0 Å². The summed E-state index contributed by atoms with van der Waals surface area (Å²) in [7, 11) is -1.66. The van der Waals surface area contributed by atoms with Gasteiger partial charge in [0.15, 0.2) is 8.32 Å². The average molecular weight is 393 g/mol. The van der Waals surface area contributed by atoms with Crippen LogP contribution in [0.4, 0.5) is 0 Å². The molecule has 0 saturated carbocycles. The van der Waals surface area contributed by atoms with E-state index in [2.05, 4.69) is 60.4 Å². The molecule has 1 unspecified atom stereocenters. The van der Waals surface area contributed by atoms with Crippen molar-refractivity contribution in [3.8, 4) is 0 Å². The fourth-order valence-electron chi connectivity index (χ4n) is 3.02. The van der Waals surface area contributed by atoms with Gasteiger partial charge in [0, 0.05) is 12.5 Å². The maximum absolute atomic E-state index is 11.8. The molecular formula is C23H40O3Si. The number of rotatable bonds is 10. The van der Waals surface area contributed by atoms with E-state index in [-0.39, 0.29) is 23.0 Å². The normalized spacial score (nSPS) is 22.1. The lowest BCUT2D eigenvalue weighted by molar-refractivity contribution is -0.140. The molecule has 1 heterocycles. The maximum atomic E-state index is 11.8. The number of carbonyl (C=O) groups is 1. The van der Waals surface area contributed by atoms with E-state index in [1.165, 1.54) is 11.1 Å². The first-order valence-corrected chi connectivity index (χ1v) is 13.2. The SMILES string of the molecule is C=C/C=C(\C)CC[C@H]1CC(=O)OC1/C=C(\C)CCCO[Si](C)(C)C(C)(C)C. The van der Waals surface area contributed by atoms with E-state index >= 15 is 0 Å². The Morgan fingerprint density at radius 3 is 2.52 bits per heavy atom. The highest BCUT2D eigenvalue weighted by Gasteiger charge is 2.37. The summed E-state index contributed by atoms with van der Waals surface area (Å²) in [5, 5.41) is 0.251. The Hall–Kier alpha value is -1.13. The molecule has 2 atom stereocenters. The summed E-state index contributed by atoms with van der Waals surface area (Å²) in [5.41, 5.74) is 2.59. The Balaban J connectivity index is 2.50. The molecule has 0 radical (unpaired) electrons. The van der Waals surface area contributed by atoms with Crippen LogP contribution >= 0.6 is 0 Å². The molecule has 1 rings (SSSR count). The fourth-order valence-corrected chi connectivity index (χ4v) is 4.11. The number of cyclic esters (lactones) is 1. The minimum absolute atomic E-state index is 0.0688. The predicted molar refractivity (Wildman–Crippen MR) is 117 cm³/mol. The van der Waals surface area contributed by atoms with Crippen molar-refractivity contribution >= 4 is 14.3 Å². The Kier molecular flexibility index (Phi) is 9.23. The zero-order valence-electron chi connectivity index (χ0n) is 18.6. The Morgan fingerprint density at radius 1 is 1.26 bits per heavy atom. The molecule has 1 saturated heterocycles. The maximum Gasteiger partial charge on any atom is 0.306 e. The van der Waals surface area contributed by atoms with Crippen LogP contribution in [0.2, 0.25) is 18.1 Å². The summed E-state index contributed by atoms with van der Waals surface area (Å²) in [6.07, 6.45) is 10.4. The molecule has 1 aliphatic rings. The van der Waals surface area contributed by atoms with Crippen molar-refractivity contribution in [1.82, 2.24) is 0 Å².